The van der Waals surface area contributed by atoms with Gasteiger partial charge in [0, 0.05) is 35.3 Å². The van der Waals surface area contributed by atoms with Crippen molar-refractivity contribution in [3.63, 3.8) is 0 Å². The highest BCUT2D eigenvalue weighted by molar-refractivity contribution is 9.10. The van der Waals surface area contributed by atoms with Crippen LogP contribution in [0.5, 0.6) is 0 Å². The Kier molecular flexibility index (Phi) is 4.28. The quantitative estimate of drug-likeness (QED) is 0.925. The average molecular weight is 342 g/mol. The lowest BCUT2D eigenvalue weighted by Gasteiger charge is -2.14. The summed E-state index contributed by atoms with van der Waals surface area (Å²) in [4.78, 5) is 7.94. The third-order valence-corrected chi connectivity index (χ3v) is 4.45. The minimum absolute atomic E-state index is 0.123. The largest absolute Gasteiger partial charge is 0.264 e. The minimum atomic E-state index is -3.60. The Bertz CT molecular complexity index is 662. The van der Waals surface area contributed by atoms with Crippen molar-refractivity contribution in [1.29, 1.82) is 0 Å². The fourth-order valence-corrected chi connectivity index (χ4v) is 3.28. The number of sulfonamides is 1. The molecular weight excluding hydrogens is 330 g/mol. The summed E-state index contributed by atoms with van der Waals surface area (Å²) < 4.78 is 27.6. The monoisotopic (exact) mass is 341 g/mol. The molecule has 1 unspecified atom stereocenters. The second-order valence-corrected chi connectivity index (χ2v) is 6.60. The molecule has 1 N–H and O–H groups in total. The molecule has 0 bridgehead atoms. The van der Waals surface area contributed by atoms with Crippen LogP contribution in [0.2, 0.25) is 0 Å². The molecule has 1 atom stereocenters. The Balaban J connectivity index is 2.23. The maximum Gasteiger partial charge on any atom is 0.242 e. The Labute approximate surface area is 120 Å². The molecule has 0 saturated heterocycles. The highest BCUT2D eigenvalue weighted by atomic mass is 79.9. The first kappa shape index (κ1) is 14.1. The van der Waals surface area contributed by atoms with Gasteiger partial charge >= 0.3 is 0 Å². The van der Waals surface area contributed by atoms with Crippen LogP contribution in [0.15, 0.2) is 52.4 Å². The molecule has 0 spiro atoms. The molecule has 0 aliphatic heterocycles. The number of hydrogen-bond donors (Lipinski definition) is 1. The van der Waals surface area contributed by atoms with Crippen LogP contribution in [0, 0.1) is 0 Å². The summed E-state index contributed by atoms with van der Waals surface area (Å²) in [6.07, 6.45) is 6.11. The van der Waals surface area contributed by atoms with Crippen molar-refractivity contribution < 1.29 is 8.42 Å². The number of halogens is 1. The Morgan fingerprint density at radius 2 is 2.05 bits per heavy atom. The van der Waals surface area contributed by atoms with Crippen LogP contribution in [-0.4, -0.2) is 18.4 Å². The fourth-order valence-electron chi connectivity index (χ4n) is 1.54. The van der Waals surface area contributed by atoms with Crippen molar-refractivity contribution in [2.45, 2.75) is 17.9 Å². The van der Waals surface area contributed by atoms with Gasteiger partial charge in [-0.2, -0.15) is 0 Å². The van der Waals surface area contributed by atoms with E-state index in [0.717, 1.165) is 5.56 Å². The Hall–Kier alpha value is -1.31. The van der Waals surface area contributed by atoms with Gasteiger partial charge in [-0.25, -0.2) is 13.1 Å². The van der Waals surface area contributed by atoms with Gasteiger partial charge in [-0.3, -0.25) is 9.97 Å². The zero-order chi connectivity index (χ0) is 13.9. The van der Waals surface area contributed by atoms with E-state index >= 15 is 0 Å². The summed E-state index contributed by atoms with van der Waals surface area (Å²) in [7, 11) is -3.60. The van der Waals surface area contributed by atoms with Crippen molar-refractivity contribution in [2.75, 3.05) is 0 Å². The van der Waals surface area contributed by atoms with Gasteiger partial charge in [0.15, 0.2) is 0 Å². The highest BCUT2D eigenvalue weighted by Crippen LogP contribution is 2.18. The van der Waals surface area contributed by atoms with E-state index in [2.05, 4.69) is 30.6 Å². The van der Waals surface area contributed by atoms with E-state index in [1.807, 2.05) is 6.07 Å². The van der Waals surface area contributed by atoms with Crippen LogP contribution in [0.3, 0.4) is 0 Å². The van der Waals surface area contributed by atoms with Crippen molar-refractivity contribution >= 4 is 26.0 Å². The smallest absolute Gasteiger partial charge is 0.242 e. The second-order valence-electron chi connectivity index (χ2n) is 3.97. The van der Waals surface area contributed by atoms with Gasteiger partial charge < -0.3 is 0 Å². The minimum Gasteiger partial charge on any atom is -0.264 e. The molecular formula is C12H12BrN3O2S. The van der Waals surface area contributed by atoms with E-state index in [0.29, 0.717) is 4.47 Å². The second kappa shape index (κ2) is 5.77. The molecule has 7 heteroatoms. The molecule has 2 heterocycles. The van der Waals surface area contributed by atoms with Crippen LogP contribution in [0.25, 0.3) is 0 Å². The van der Waals surface area contributed by atoms with Gasteiger partial charge in [0.05, 0.1) is 0 Å². The zero-order valence-electron chi connectivity index (χ0n) is 10.1. The predicted octanol–water partition coefficient (Wildman–Crippen LogP) is 2.28. The number of aromatic nitrogens is 2. The van der Waals surface area contributed by atoms with Crippen molar-refractivity contribution in [2.24, 2.45) is 0 Å². The summed E-state index contributed by atoms with van der Waals surface area (Å²) in [5, 5.41) is 0. The predicted molar refractivity (Wildman–Crippen MR) is 74.9 cm³/mol. The van der Waals surface area contributed by atoms with Crippen LogP contribution < -0.4 is 4.72 Å². The first-order valence-corrected chi connectivity index (χ1v) is 7.79. The van der Waals surface area contributed by atoms with Gasteiger partial charge in [0.2, 0.25) is 10.0 Å². The summed E-state index contributed by atoms with van der Waals surface area (Å²) >= 11 is 3.20. The Morgan fingerprint density at radius 1 is 1.26 bits per heavy atom. The van der Waals surface area contributed by atoms with Gasteiger partial charge in [0.25, 0.3) is 0 Å². The van der Waals surface area contributed by atoms with E-state index in [9.17, 15) is 8.42 Å². The summed E-state index contributed by atoms with van der Waals surface area (Å²) in [5.74, 6) is 0. The Morgan fingerprint density at radius 3 is 2.68 bits per heavy atom. The number of pyridine rings is 2. The standard InChI is InChI=1S/C12H12BrN3O2S/c1-9(10-3-2-4-14-6-10)16-19(17,18)12-5-11(13)7-15-8-12/h2-9,16H,1H3. The SMILES string of the molecule is CC(NS(=O)(=O)c1cncc(Br)c1)c1cccnc1. The van der Waals surface area contributed by atoms with E-state index in [1.54, 1.807) is 25.4 Å². The first-order valence-electron chi connectivity index (χ1n) is 5.52. The molecule has 5 nitrogen and oxygen atoms in total. The topological polar surface area (TPSA) is 72.0 Å². The molecule has 0 fully saturated rings. The van der Waals surface area contributed by atoms with E-state index in [1.165, 1.54) is 18.5 Å². The van der Waals surface area contributed by atoms with Crippen molar-refractivity contribution in [1.82, 2.24) is 14.7 Å². The van der Waals surface area contributed by atoms with Crippen LogP contribution in [0.4, 0.5) is 0 Å². The number of nitrogens with one attached hydrogen (secondary N) is 1. The zero-order valence-corrected chi connectivity index (χ0v) is 12.5. The molecule has 0 aliphatic rings. The van der Waals surface area contributed by atoms with Crippen molar-refractivity contribution in [3.8, 4) is 0 Å². The molecule has 0 radical (unpaired) electrons. The van der Waals surface area contributed by atoms with E-state index in [-0.39, 0.29) is 10.9 Å². The van der Waals surface area contributed by atoms with Crippen LogP contribution >= 0.6 is 15.9 Å². The molecule has 100 valence electrons. The molecule has 19 heavy (non-hydrogen) atoms. The number of nitrogens with zero attached hydrogens (tertiary/aromatic N) is 2. The molecule has 2 aromatic heterocycles. The lowest BCUT2D eigenvalue weighted by molar-refractivity contribution is 0.566. The molecule has 2 aromatic rings. The third-order valence-electron chi connectivity index (χ3n) is 2.51. The number of hydrogen-bond acceptors (Lipinski definition) is 4. The fraction of sp³-hybridized carbons (Fsp3) is 0.167. The first-order chi connectivity index (χ1) is 8.99. The van der Waals surface area contributed by atoms with E-state index in [4.69, 9.17) is 0 Å². The molecule has 0 amide bonds. The number of rotatable bonds is 4. The van der Waals surface area contributed by atoms with Gasteiger partial charge in [0.1, 0.15) is 4.90 Å². The van der Waals surface area contributed by atoms with Crippen LogP contribution in [0.1, 0.15) is 18.5 Å². The summed E-state index contributed by atoms with van der Waals surface area (Å²) in [6, 6.07) is 4.73. The lowest BCUT2D eigenvalue weighted by atomic mass is 10.2. The van der Waals surface area contributed by atoms with Gasteiger partial charge in [-0.15, -0.1) is 0 Å². The van der Waals surface area contributed by atoms with Crippen molar-refractivity contribution in [3.05, 3.63) is 53.0 Å². The normalized spacial score (nSPS) is 13.2. The summed E-state index contributed by atoms with van der Waals surface area (Å²) in [6.45, 7) is 1.76. The lowest BCUT2D eigenvalue weighted by Crippen LogP contribution is -2.27. The maximum absolute atomic E-state index is 12.2. The summed E-state index contributed by atoms with van der Waals surface area (Å²) in [5.41, 5.74) is 0.800. The molecule has 0 aromatic carbocycles. The third kappa shape index (κ3) is 3.59. The average Bonchev–Trinajstić information content (AvgIpc) is 2.39. The highest BCUT2D eigenvalue weighted by Gasteiger charge is 2.19. The molecule has 2 rings (SSSR count). The van der Waals surface area contributed by atoms with Crippen LogP contribution in [-0.2, 0) is 10.0 Å². The maximum atomic E-state index is 12.2. The molecule has 0 aliphatic carbocycles. The van der Waals surface area contributed by atoms with E-state index < -0.39 is 10.0 Å². The molecule has 0 saturated carbocycles. The van der Waals surface area contributed by atoms with Gasteiger partial charge in [-0.1, -0.05) is 6.07 Å². The van der Waals surface area contributed by atoms with Gasteiger partial charge in [-0.05, 0) is 40.5 Å².